The van der Waals surface area contributed by atoms with E-state index in [0.29, 0.717) is 37.0 Å². The fourth-order valence-electron chi connectivity index (χ4n) is 2.50. The molecule has 1 aromatic carbocycles. The number of aromatic nitrogens is 1. The molecule has 3 rings (SSSR count). The zero-order valence-corrected chi connectivity index (χ0v) is 15.3. The van der Waals surface area contributed by atoms with Crippen molar-refractivity contribution >= 4 is 29.2 Å². The van der Waals surface area contributed by atoms with E-state index in [-0.39, 0.29) is 18.2 Å². The fourth-order valence-corrected chi connectivity index (χ4v) is 2.50. The first kappa shape index (κ1) is 19.5. The summed E-state index contributed by atoms with van der Waals surface area (Å²) in [5.41, 5.74) is 12.0. The van der Waals surface area contributed by atoms with Gasteiger partial charge in [-0.2, -0.15) is 0 Å². The molecule has 2 aromatic rings. The number of pyridine rings is 1. The highest BCUT2D eigenvalue weighted by atomic mass is 16.7. The van der Waals surface area contributed by atoms with Gasteiger partial charge in [-0.1, -0.05) is 12.1 Å². The number of benzene rings is 1. The van der Waals surface area contributed by atoms with Crippen molar-refractivity contribution in [3.8, 4) is 5.75 Å². The highest BCUT2D eigenvalue weighted by Crippen LogP contribution is 2.30. The first-order chi connectivity index (χ1) is 13.6. The second-order valence-electron chi connectivity index (χ2n) is 5.96. The maximum Gasteiger partial charge on any atom is 0.513 e. The van der Waals surface area contributed by atoms with Crippen LogP contribution in [0.4, 0.5) is 27.8 Å². The van der Waals surface area contributed by atoms with Crippen LogP contribution in [0.15, 0.2) is 46.6 Å². The number of nitrogens with two attached hydrogens (primary N) is 2. The Balaban J connectivity index is 1.57. The first-order valence-electron chi connectivity index (χ1n) is 8.79. The van der Waals surface area contributed by atoms with Crippen LogP contribution in [-0.4, -0.2) is 55.5 Å². The molecule has 1 aromatic heterocycles. The molecule has 10 heteroatoms. The Bertz CT molecular complexity index is 839. The van der Waals surface area contributed by atoms with Gasteiger partial charge in [0.2, 0.25) is 0 Å². The largest absolute Gasteiger partial charge is 0.513 e. The molecule has 2 heterocycles. The average molecular weight is 386 g/mol. The quantitative estimate of drug-likeness (QED) is 0.439. The number of ether oxygens (including phenoxy) is 3. The van der Waals surface area contributed by atoms with Crippen molar-refractivity contribution in [2.75, 3.05) is 50.9 Å². The van der Waals surface area contributed by atoms with E-state index >= 15 is 0 Å². The minimum Gasteiger partial charge on any atom is -0.433 e. The molecule has 4 N–H and O–H groups in total. The van der Waals surface area contributed by atoms with Gasteiger partial charge in [-0.3, -0.25) is 4.90 Å². The highest BCUT2D eigenvalue weighted by Gasteiger charge is 2.13. The predicted molar refractivity (Wildman–Crippen MR) is 103 cm³/mol. The summed E-state index contributed by atoms with van der Waals surface area (Å²) >= 11 is 0. The van der Waals surface area contributed by atoms with Crippen LogP contribution in [0.3, 0.4) is 0 Å². The number of carbonyl (C=O) groups is 1. The molecule has 148 valence electrons. The summed E-state index contributed by atoms with van der Waals surface area (Å²) in [6, 6.07) is 9.89. The minimum atomic E-state index is -0.801. The third-order valence-corrected chi connectivity index (χ3v) is 3.98. The molecule has 1 aliphatic rings. The molecule has 1 aliphatic heterocycles. The van der Waals surface area contributed by atoms with Crippen molar-refractivity contribution < 1.29 is 19.0 Å². The van der Waals surface area contributed by atoms with E-state index < -0.39 is 6.16 Å². The van der Waals surface area contributed by atoms with Crippen molar-refractivity contribution in [1.82, 2.24) is 9.88 Å². The molecule has 1 saturated heterocycles. The van der Waals surface area contributed by atoms with Crippen LogP contribution in [0.1, 0.15) is 0 Å². The monoisotopic (exact) mass is 386 g/mol. The average Bonchev–Trinajstić information content (AvgIpc) is 2.69. The zero-order valence-electron chi connectivity index (χ0n) is 15.3. The van der Waals surface area contributed by atoms with Gasteiger partial charge >= 0.3 is 6.16 Å². The smallest absolute Gasteiger partial charge is 0.433 e. The molecule has 1 fully saturated rings. The molecule has 0 amide bonds. The van der Waals surface area contributed by atoms with Crippen molar-refractivity contribution in [2.45, 2.75) is 0 Å². The molecular weight excluding hydrogens is 364 g/mol. The Morgan fingerprint density at radius 3 is 2.64 bits per heavy atom. The molecule has 0 aliphatic carbocycles. The second kappa shape index (κ2) is 9.62. The number of carbonyl (C=O) groups excluding carboxylic acids is 1. The van der Waals surface area contributed by atoms with Gasteiger partial charge in [0.1, 0.15) is 23.8 Å². The third kappa shape index (κ3) is 5.63. The van der Waals surface area contributed by atoms with Gasteiger partial charge in [0, 0.05) is 19.6 Å². The minimum absolute atomic E-state index is 0.157. The molecular formula is C18H22N6O4. The Morgan fingerprint density at radius 2 is 1.86 bits per heavy atom. The SMILES string of the molecule is Nc1ccc(/N=N/c2ccccc2OC(=O)OCCN2CCOCC2)c(N)n1. The number of morpholine rings is 1. The van der Waals surface area contributed by atoms with Crippen LogP contribution < -0.4 is 16.2 Å². The van der Waals surface area contributed by atoms with Gasteiger partial charge < -0.3 is 25.7 Å². The van der Waals surface area contributed by atoms with E-state index in [1.54, 1.807) is 36.4 Å². The number of hydrogen-bond acceptors (Lipinski definition) is 10. The maximum atomic E-state index is 12.0. The van der Waals surface area contributed by atoms with E-state index in [1.165, 1.54) is 0 Å². The van der Waals surface area contributed by atoms with E-state index in [1.807, 2.05) is 0 Å². The van der Waals surface area contributed by atoms with E-state index in [9.17, 15) is 4.79 Å². The van der Waals surface area contributed by atoms with Gasteiger partial charge in [-0.05, 0) is 24.3 Å². The van der Waals surface area contributed by atoms with E-state index in [4.69, 9.17) is 25.7 Å². The van der Waals surface area contributed by atoms with E-state index in [0.717, 1.165) is 13.1 Å². The Labute approximate surface area is 162 Å². The summed E-state index contributed by atoms with van der Waals surface area (Å²) in [6.07, 6.45) is -0.801. The summed E-state index contributed by atoms with van der Waals surface area (Å²) in [4.78, 5) is 18.0. The first-order valence-corrected chi connectivity index (χ1v) is 8.79. The van der Waals surface area contributed by atoms with Crippen molar-refractivity contribution in [1.29, 1.82) is 0 Å². The molecule has 10 nitrogen and oxygen atoms in total. The van der Waals surface area contributed by atoms with Crippen molar-refractivity contribution in [3.63, 3.8) is 0 Å². The van der Waals surface area contributed by atoms with Crippen LogP contribution >= 0.6 is 0 Å². The van der Waals surface area contributed by atoms with Gasteiger partial charge in [0.15, 0.2) is 11.6 Å². The fraction of sp³-hybridized carbons (Fsp3) is 0.333. The van der Waals surface area contributed by atoms with Crippen molar-refractivity contribution in [2.24, 2.45) is 10.2 Å². The Morgan fingerprint density at radius 1 is 1.11 bits per heavy atom. The summed E-state index contributed by atoms with van der Waals surface area (Å²) in [5.74, 6) is 0.675. The lowest BCUT2D eigenvalue weighted by Crippen LogP contribution is -2.38. The summed E-state index contributed by atoms with van der Waals surface area (Å²) < 4.78 is 15.7. The predicted octanol–water partition coefficient (Wildman–Crippen LogP) is 2.51. The normalized spacial score (nSPS) is 14.9. The lowest BCUT2D eigenvalue weighted by molar-refractivity contribution is 0.0240. The summed E-state index contributed by atoms with van der Waals surface area (Å²) in [7, 11) is 0. The van der Waals surface area contributed by atoms with Crippen LogP contribution in [0, 0.1) is 0 Å². The number of para-hydroxylation sites is 1. The highest BCUT2D eigenvalue weighted by molar-refractivity contribution is 5.67. The summed E-state index contributed by atoms with van der Waals surface area (Å²) in [6.45, 7) is 3.89. The summed E-state index contributed by atoms with van der Waals surface area (Å²) in [5, 5.41) is 8.12. The number of azo groups is 1. The standard InChI is InChI=1S/C18H22N6O4/c19-16-6-5-14(17(20)21-16)23-22-13-3-1-2-4-15(13)28-18(25)27-12-9-24-7-10-26-11-8-24/h1-6H,7-12H2,(H4,19,20,21)/b23-22+. The number of anilines is 2. The number of hydrogen-bond donors (Lipinski definition) is 2. The number of nitrogen functional groups attached to an aromatic ring is 2. The Hall–Kier alpha value is -3.24. The number of nitrogens with zero attached hydrogens (tertiary/aromatic N) is 4. The Kier molecular flexibility index (Phi) is 6.71. The molecule has 0 radical (unpaired) electrons. The topological polar surface area (TPSA) is 138 Å². The zero-order chi connectivity index (χ0) is 19.8. The molecule has 0 saturated carbocycles. The molecule has 0 unspecified atom stereocenters. The van der Waals surface area contributed by atoms with Gasteiger partial charge in [-0.25, -0.2) is 9.78 Å². The van der Waals surface area contributed by atoms with Gasteiger partial charge in [0.05, 0.1) is 13.2 Å². The lowest BCUT2D eigenvalue weighted by atomic mass is 10.3. The molecule has 28 heavy (non-hydrogen) atoms. The van der Waals surface area contributed by atoms with Crippen LogP contribution in [-0.2, 0) is 9.47 Å². The van der Waals surface area contributed by atoms with Crippen LogP contribution in [0.25, 0.3) is 0 Å². The van der Waals surface area contributed by atoms with Gasteiger partial charge in [-0.15, -0.1) is 10.2 Å². The third-order valence-electron chi connectivity index (χ3n) is 3.98. The maximum absolute atomic E-state index is 12.0. The molecule has 0 atom stereocenters. The van der Waals surface area contributed by atoms with Crippen LogP contribution in [0.2, 0.25) is 0 Å². The lowest BCUT2D eigenvalue weighted by Gasteiger charge is -2.25. The van der Waals surface area contributed by atoms with E-state index in [2.05, 4.69) is 20.1 Å². The molecule has 0 bridgehead atoms. The second-order valence-corrected chi connectivity index (χ2v) is 5.96. The van der Waals surface area contributed by atoms with Crippen LogP contribution in [0.5, 0.6) is 5.75 Å². The molecule has 0 spiro atoms. The number of rotatable bonds is 6. The van der Waals surface area contributed by atoms with Crippen molar-refractivity contribution in [3.05, 3.63) is 36.4 Å². The van der Waals surface area contributed by atoms with Gasteiger partial charge in [0.25, 0.3) is 0 Å².